The molecule has 3 heteroatoms. The number of ether oxygens (including phenoxy) is 1. The van der Waals surface area contributed by atoms with Crippen molar-refractivity contribution in [3.8, 4) is 5.75 Å². The molecule has 0 fully saturated rings. The summed E-state index contributed by atoms with van der Waals surface area (Å²) in [5, 5.41) is 0. The van der Waals surface area contributed by atoms with Gasteiger partial charge in [0.15, 0.2) is 5.78 Å². The van der Waals surface area contributed by atoms with Gasteiger partial charge in [-0.25, -0.2) is 4.39 Å². The van der Waals surface area contributed by atoms with E-state index in [1.54, 1.807) is 26.2 Å². The number of hydrogen-bond acceptors (Lipinski definition) is 2. The summed E-state index contributed by atoms with van der Waals surface area (Å²) in [6, 6.07) is 20.8. The van der Waals surface area contributed by atoms with Gasteiger partial charge < -0.3 is 4.74 Å². The zero-order chi connectivity index (χ0) is 21.3. The van der Waals surface area contributed by atoms with Gasteiger partial charge in [0.1, 0.15) is 11.6 Å². The summed E-state index contributed by atoms with van der Waals surface area (Å²) in [5.41, 5.74) is 4.98. The Morgan fingerprint density at radius 1 is 1.00 bits per heavy atom. The van der Waals surface area contributed by atoms with Gasteiger partial charge in [-0.3, -0.25) is 4.79 Å². The second-order valence-electron chi connectivity index (χ2n) is 7.97. The zero-order valence-electron chi connectivity index (χ0n) is 17.5. The highest BCUT2D eigenvalue weighted by Gasteiger charge is 2.34. The van der Waals surface area contributed by atoms with E-state index >= 15 is 0 Å². The van der Waals surface area contributed by atoms with Crippen molar-refractivity contribution in [3.63, 3.8) is 0 Å². The predicted molar refractivity (Wildman–Crippen MR) is 118 cm³/mol. The lowest BCUT2D eigenvalue weighted by Gasteiger charge is -2.19. The average molecular weight is 400 g/mol. The highest BCUT2D eigenvalue weighted by Crippen LogP contribution is 2.46. The van der Waals surface area contributed by atoms with Crippen LogP contribution < -0.4 is 4.74 Å². The fourth-order valence-electron chi connectivity index (χ4n) is 4.29. The molecule has 2 nitrogen and oxygen atoms in total. The molecule has 0 amide bonds. The van der Waals surface area contributed by atoms with Crippen LogP contribution in [0, 0.1) is 19.7 Å². The quantitative estimate of drug-likeness (QED) is 0.455. The van der Waals surface area contributed by atoms with E-state index in [9.17, 15) is 9.18 Å². The number of Topliss-reactive ketones (excluding diaryl/α,β-unsaturated/α-hetero) is 1. The maximum Gasteiger partial charge on any atom is 0.189 e. The van der Waals surface area contributed by atoms with Gasteiger partial charge in [0.25, 0.3) is 0 Å². The topological polar surface area (TPSA) is 26.3 Å². The fraction of sp³-hybridized carbons (Fsp3) is 0.222. The zero-order valence-corrected chi connectivity index (χ0v) is 17.5. The van der Waals surface area contributed by atoms with Crippen LogP contribution in [0.4, 0.5) is 4.39 Å². The second-order valence-corrected chi connectivity index (χ2v) is 7.97. The lowest BCUT2D eigenvalue weighted by molar-refractivity contribution is 0.102. The van der Waals surface area contributed by atoms with E-state index in [1.165, 1.54) is 0 Å². The number of benzene rings is 3. The van der Waals surface area contributed by atoms with E-state index in [0.717, 1.165) is 28.0 Å². The molecule has 4 rings (SSSR count). The molecule has 1 aliphatic rings. The highest BCUT2D eigenvalue weighted by atomic mass is 19.1. The van der Waals surface area contributed by atoms with Crippen LogP contribution in [0.5, 0.6) is 5.75 Å². The molecule has 0 saturated heterocycles. The first kappa shape index (κ1) is 20.1. The summed E-state index contributed by atoms with van der Waals surface area (Å²) in [6.45, 7) is 3.74. The number of carbonyl (C=O) groups excluding carboxylic acids is 1. The number of para-hydroxylation sites is 1. The molecule has 30 heavy (non-hydrogen) atoms. The van der Waals surface area contributed by atoms with E-state index < -0.39 is 0 Å². The van der Waals surface area contributed by atoms with Gasteiger partial charge >= 0.3 is 0 Å². The monoisotopic (exact) mass is 400 g/mol. The summed E-state index contributed by atoms with van der Waals surface area (Å²) in [6.07, 6.45) is 2.72. The lowest BCUT2D eigenvalue weighted by Crippen LogP contribution is -2.10. The third kappa shape index (κ3) is 3.80. The number of carbonyl (C=O) groups is 1. The molecule has 3 aromatic rings. The van der Waals surface area contributed by atoms with Crippen molar-refractivity contribution in [2.24, 2.45) is 0 Å². The van der Waals surface area contributed by atoms with Crippen LogP contribution in [0.2, 0.25) is 0 Å². The van der Waals surface area contributed by atoms with Gasteiger partial charge in [-0.15, -0.1) is 0 Å². The van der Waals surface area contributed by atoms with Crippen LogP contribution in [-0.2, 0) is 0 Å². The number of methoxy groups -OCH3 is 1. The molecule has 152 valence electrons. The van der Waals surface area contributed by atoms with Crippen molar-refractivity contribution >= 4 is 5.78 Å². The molecule has 0 saturated carbocycles. The third-order valence-corrected chi connectivity index (χ3v) is 5.93. The van der Waals surface area contributed by atoms with Crippen molar-refractivity contribution < 1.29 is 13.9 Å². The number of halogens is 1. The number of rotatable bonds is 5. The number of ketones is 1. The lowest BCUT2D eigenvalue weighted by atomic mass is 9.86. The molecule has 0 bridgehead atoms. The maximum atomic E-state index is 14.2. The fourth-order valence-corrected chi connectivity index (χ4v) is 4.29. The Bertz CT molecular complexity index is 1130. The van der Waals surface area contributed by atoms with Crippen LogP contribution in [0.25, 0.3) is 0 Å². The molecule has 2 atom stereocenters. The van der Waals surface area contributed by atoms with Crippen molar-refractivity contribution in [2.45, 2.75) is 32.1 Å². The largest absolute Gasteiger partial charge is 0.496 e. The van der Waals surface area contributed by atoms with Gasteiger partial charge in [0, 0.05) is 28.5 Å². The summed E-state index contributed by atoms with van der Waals surface area (Å²) >= 11 is 0. The minimum Gasteiger partial charge on any atom is -0.496 e. The Labute approximate surface area is 177 Å². The van der Waals surface area contributed by atoms with Crippen molar-refractivity contribution in [3.05, 3.63) is 112 Å². The van der Waals surface area contributed by atoms with E-state index in [0.29, 0.717) is 17.5 Å². The number of allylic oxidation sites excluding steroid dienone is 2. The van der Waals surface area contributed by atoms with Gasteiger partial charge in [-0.05, 0) is 49.6 Å². The average Bonchev–Trinajstić information content (AvgIpc) is 3.20. The molecule has 0 radical (unpaired) electrons. The van der Waals surface area contributed by atoms with E-state index in [2.05, 4.69) is 0 Å². The van der Waals surface area contributed by atoms with Crippen LogP contribution in [-0.4, -0.2) is 12.9 Å². The number of hydrogen-bond donors (Lipinski definition) is 0. The summed E-state index contributed by atoms with van der Waals surface area (Å²) in [7, 11) is 1.65. The third-order valence-electron chi connectivity index (χ3n) is 5.93. The van der Waals surface area contributed by atoms with E-state index in [4.69, 9.17) is 4.74 Å². The molecule has 0 aliphatic heterocycles. The van der Waals surface area contributed by atoms with Gasteiger partial charge in [-0.1, -0.05) is 60.2 Å². The first-order valence-corrected chi connectivity index (χ1v) is 10.2. The van der Waals surface area contributed by atoms with Gasteiger partial charge in [-0.2, -0.15) is 0 Å². The van der Waals surface area contributed by atoms with Crippen LogP contribution in [0.15, 0.2) is 78.4 Å². The Hall–Kier alpha value is -3.20. The smallest absolute Gasteiger partial charge is 0.189 e. The Balaban J connectivity index is 1.79. The SMILES string of the molecule is COc1ccccc1C1CC(c2ccc(C)c(F)c2)C=C1C(=O)c1cccc(C)c1. The molecule has 1 aliphatic carbocycles. The highest BCUT2D eigenvalue weighted by molar-refractivity contribution is 6.10. The summed E-state index contributed by atoms with van der Waals surface area (Å²) in [5.74, 6) is 0.432. The predicted octanol–water partition coefficient (Wildman–Crippen LogP) is 6.53. The molecular formula is C27H25FO2. The number of aryl methyl sites for hydroxylation is 2. The van der Waals surface area contributed by atoms with Crippen LogP contribution in [0.1, 0.15) is 50.9 Å². The Kier molecular flexibility index (Phi) is 5.54. The van der Waals surface area contributed by atoms with Crippen molar-refractivity contribution in [1.29, 1.82) is 0 Å². The van der Waals surface area contributed by atoms with Gasteiger partial charge in [0.05, 0.1) is 7.11 Å². The van der Waals surface area contributed by atoms with Crippen LogP contribution in [0.3, 0.4) is 0 Å². The minimum absolute atomic E-state index is 0.0182. The standard InChI is InChI=1S/C27H25FO2/c1-17-7-6-8-20(13-17)27(29)24-15-21(19-12-11-18(2)25(28)16-19)14-23(24)22-9-4-5-10-26(22)30-3/h4-13,15-16,21,23H,14H2,1-3H3. The maximum absolute atomic E-state index is 14.2. The second kappa shape index (κ2) is 8.27. The van der Waals surface area contributed by atoms with Crippen LogP contribution >= 0.6 is 0 Å². The molecular weight excluding hydrogens is 375 g/mol. The van der Waals surface area contributed by atoms with E-state index in [-0.39, 0.29) is 23.4 Å². The minimum atomic E-state index is -0.215. The molecule has 0 heterocycles. The first-order valence-electron chi connectivity index (χ1n) is 10.2. The van der Waals surface area contributed by atoms with Gasteiger partial charge in [0.2, 0.25) is 0 Å². The molecule has 3 aromatic carbocycles. The Morgan fingerprint density at radius 2 is 1.80 bits per heavy atom. The molecule has 0 aromatic heterocycles. The summed E-state index contributed by atoms with van der Waals surface area (Å²) in [4.78, 5) is 13.5. The Morgan fingerprint density at radius 3 is 2.53 bits per heavy atom. The molecule has 0 spiro atoms. The van der Waals surface area contributed by atoms with E-state index in [1.807, 2.05) is 67.6 Å². The van der Waals surface area contributed by atoms with Crippen molar-refractivity contribution in [2.75, 3.05) is 7.11 Å². The normalized spacial score (nSPS) is 18.2. The first-order chi connectivity index (χ1) is 14.5. The van der Waals surface area contributed by atoms with Crippen molar-refractivity contribution in [1.82, 2.24) is 0 Å². The molecule has 0 N–H and O–H groups in total. The summed E-state index contributed by atoms with van der Waals surface area (Å²) < 4.78 is 19.8. The molecule has 2 unspecified atom stereocenters.